The quantitative estimate of drug-likeness (QED) is 0.366. The number of thioether (sulfide) groups is 1. The molecule has 0 atom stereocenters. The van der Waals surface area contributed by atoms with Gasteiger partial charge in [-0.15, -0.1) is 11.8 Å². The molecule has 2 amide bonds. The second-order valence-corrected chi connectivity index (χ2v) is 7.59. The molecule has 0 aliphatic carbocycles. The highest BCUT2D eigenvalue weighted by molar-refractivity contribution is 8.00. The van der Waals surface area contributed by atoms with Gasteiger partial charge in [-0.25, -0.2) is 0 Å². The molecule has 0 radical (unpaired) electrons. The van der Waals surface area contributed by atoms with Crippen LogP contribution in [0.3, 0.4) is 0 Å². The number of alkyl halides is 6. The average molecular weight is 496 g/mol. The van der Waals surface area contributed by atoms with Crippen LogP contribution < -0.4 is 20.1 Å². The van der Waals surface area contributed by atoms with Gasteiger partial charge in [0.1, 0.15) is 11.5 Å². The lowest BCUT2D eigenvalue weighted by Gasteiger charge is -2.15. The zero-order valence-corrected chi connectivity index (χ0v) is 17.8. The molecule has 33 heavy (non-hydrogen) atoms. The minimum Gasteiger partial charge on any atom is -0.484 e. The van der Waals surface area contributed by atoms with Crippen LogP contribution in [-0.2, 0) is 9.59 Å². The predicted molar refractivity (Wildman–Crippen MR) is 110 cm³/mol. The van der Waals surface area contributed by atoms with Gasteiger partial charge in [-0.2, -0.15) is 26.3 Å². The number of rotatable bonds is 9. The zero-order valence-electron chi connectivity index (χ0n) is 17.0. The van der Waals surface area contributed by atoms with Crippen molar-refractivity contribution in [2.75, 3.05) is 29.6 Å². The maximum Gasteiger partial charge on any atom is 0.422 e. The van der Waals surface area contributed by atoms with Gasteiger partial charge >= 0.3 is 12.4 Å². The highest BCUT2D eigenvalue weighted by Gasteiger charge is 2.30. The van der Waals surface area contributed by atoms with Crippen molar-refractivity contribution in [1.82, 2.24) is 0 Å². The van der Waals surface area contributed by atoms with Crippen molar-refractivity contribution in [2.45, 2.75) is 24.2 Å². The highest BCUT2D eigenvalue weighted by atomic mass is 32.2. The van der Waals surface area contributed by atoms with Crippen LogP contribution in [0.4, 0.5) is 37.7 Å². The topological polar surface area (TPSA) is 76.7 Å². The van der Waals surface area contributed by atoms with Crippen LogP contribution in [-0.4, -0.2) is 43.1 Å². The molecule has 0 aliphatic rings. The maximum absolute atomic E-state index is 12.4. The van der Waals surface area contributed by atoms with Crippen LogP contribution in [0.25, 0.3) is 0 Å². The van der Waals surface area contributed by atoms with E-state index in [0.29, 0.717) is 10.6 Å². The van der Waals surface area contributed by atoms with Gasteiger partial charge in [-0.1, -0.05) is 0 Å². The summed E-state index contributed by atoms with van der Waals surface area (Å²) in [7, 11) is 0. The summed E-state index contributed by atoms with van der Waals surface area (Å²) in [6.45, 7) is -1.99. The van der Waals surface area contributed by atoms with Gasteiger partial charge in [0.15, 0.2) is 13.2 Å². The molecule has 0 saturated carbocycles. The summed E-state index contributed by atoms with van der Waals surface area (Å²) in [5.74, 6) is -1.77. The maximum atomic E-state index is 12.4. The molecule has 0 heterocycles. The highest BCUT2D eigenvalue weighted by Crippen LogP contribution is 2.29. The lowest BCUT2D eigenvalue weighted by molar-refractivity contribution is -0.153. The van der Waals surface area contributed by atoms with Gasteiger partial charge < -0.3 is 20.1 Å². The van der Waals surface area contributed by atoms with Gasteiger partial charge in [0.05, 0.1) is 5.75 Å². The number of nitrogens with one attached hydrogen (secondary N) is 2. The van der Waals surface area contributed by atoms with E-state index in [1.807, 2.05) is 0 Å². The van der Waals surface area contributed by atoms with E-state index in [-0.39, 0.29) is 17.3 Å². The Labute approximate surface area is 188 Å². The number of ether oxygens (including phenoxy) is 2. The first-order valence-electron chi connectivity index (χ1n) is 9.13. The molecule has 0 unspecified atom stereocenters. The van der Waals surface area contributed by atoms with Gasteiger partial charge in [0, 0.05) is 41.4 Å². The molecule has 0 saturated heterocycles. The van der Waals surface area contributed by atoms with Crippen molar-refractivity contribution in [3.63, 3.8) is 0 Å². The molecule has 6 nitrogen and oxygen atoms in total. The van der Waals surface area contributed by atoms with Crippen molar-refractivity contribution in [2.24, 2.45) is 0 Å². The van der Waals surface area contributed by atoms with E-state index in [4.69, 9.17) is 0 Å². The Hall–Kier alpha value is -3.09. The van der Waals surface area contributed by atoms with Gasteiger partial charge in [-0.05, 0) is 24.3 Å². The third kappa shape index (κ3) is 10.9. The molecule has 2 aromatic rings. The first-order valence-corrected chi connectivity index (χ1v) is 10.1. The van der Waals surface area contributed by atoms with E-state index in [0.717, 1.165) is 30.0 Å². The minimum atomic E-state index is -4.67. The number of carbonyl (C=O) groups excluding carboxylic acids is 2. The van der Waals surface area contributed by atoms with Crippen LogP contribution >= 0.6 is 11.8 Å². The molecular formula is C20H18F6N2O4S. The zero-order chi connectivity index (χ0) is 24.6. The third-order valence-electron chi connectivity index (χ3n) is 3.51. The molecule has 2 N–H and O–H groups in total. The minimum absolute atomic E-state index is 0.0987. The number of benzene rings is 2. The summed E-state index contributed by atoms with van der Waals surface area (Å²) in [6, 6.07) is 9.53. The number of hydrogen-bond acceptors (Lipinski definition) is 5. The van der Waals surface area contributed by atoms with Crippen LogP contribution in [0.5, 0.6) is 11.5 Å². The summed E-state index contributed by atoms with van der Waals surface area (Å²) < 4.78 is 83.6. The fraction of sp³-hybridized carbons (Fsp3) is 0.300. The molecule has 0 bridgehead atoms. The van der Waals surface area contributed by atoms with E-state index in [2.05, 4.69) is 20.1 Å². The molecule has 180 valence electrons. The summed E-state index contributed by atoms with van der Waals surface area (Å²) in [6.07, 6.45) is -9.34. The standard InChI is InChI=1S/C20H18F6N2O4S/c1-12(29)27-13-2-4-17(5-3-13)33-9-18(30)28-14-6-15(31-10-19(21,22)23)8-16(7-14)32-11-20(24,25)26/h2-8H,9-11H2,1H3,(H,27,29)(H,28,30). The van der Waals surface area contributed by atoms with Gasteiger partial charge in [0.25, 0.3) is 0 Å². The van der Waals surface area contributed by atoms with Crippen molar-refractivity contribution in [3.8, 4) is 11.5 Å². The van der Waals surface area contributed by atoms with Gasteiger partial charge in [0.2, 0.25) is 11.8 Å². The second kappa shape index (κ2) is 11.2. The molecule has 13 heteroatoms. The van der Waals surface area contributed by atoms with Crippen LogP contribution in [0.1, 0.15) is 6.92 Å². The van der Waals surface area contributed by atoms with Crippen molar-refractivity contribution < 1.29 is 45.4 Å². The predicted octanol–water partition coefficient (Wildman–Crippen LogP) is 5.26. The van der Waals surface area contributed by atoms with Gasteiger partial charge in [-0.3, -0.25) is 9.59 Å². The average Bonchev–Trinajstić information content (AvgIpc) is 2.69. The van der Waals surface area contributed by atoms with E-state index in [9.17, 15) is 35.9 Å². The second-order valence-electron chi connectivity index (χ2n) is 6.54. The van der Waals surface area contributed by atoms with Crippen molar-refractivity contribution >= 4 is 35.0 Å². The molecular weight excluding hydrogens is 478 g/mol. The largest absolute Gasteiger partial charge is 0.484 e. The van der Waals surface area contributed by atoms with Crippen molar-refractivity contribution in [1.29, 1.82) is 0 Å². The lowest BCUT2D eigenvalue weighted by atomic mass is 10.2. The Balaban J connectivity index is 2.03. The van der Waals surface area contributed by atoms with Crippen LogP contribution in [0.15, 0.2) is 47.4 Å². The SMILES string of the molecule is CC(=O)Nc1ccc(SCC(=O)Nc2cc(OCC(F)(F)F)cc(OCC(F)(F)F)c2)cc1. The number of halogens is 6. The third-order valence-corrected chi connectivity index (χ3v) is 4.53. The fourth-order valence-corrected chi connectivity index (χ4v) is 3.02. The van der Waals surface area contributed by atoms with E-state index in [1.165, 1.54) is 6.92 Å². The van der Waals surface area contributed by atoms with Crippen molar-refractivity contribution in [3.05, 3.63) is 42.5 Å². The monoisotopic (exact) mass is 496 g/mol. The van der Waals surface area contributed by atoms with Crippen LogP contribution in [0, 0.1) is 0 Å². The Morgan fingerprint density at radius 1 is 0.818 bits per heavy atom. The molecule has 0 spiro atoms. The summed E-state index contributed by atoms with van der Waals surface area (Å²) in [4.78, 5) is 23.9. The Bertz CT molecular complexity index is 928. The van der Waals surface area contributed by atoms with Crippen LogP contribution in [0.2, 0.25) is 0 Å². The Morgan fingerprint density at radius 3 is 1.79 bits per heavy atom. The number of carbonyl (C=O) groups is 2. The fourth-order valence-electron chi connectivity index (χ4n) is 2.32. The molecule has 2 rings (SSSR count). The molecule has 0 fully saturated rings. The Morgan fingerprint density at radius 2 is 1.33 bits per heavy atom. The number of amides is 2. The normalized spacial score (nSPS) is 11.6. The smallest absolute Gasteiger partial charge is 0.422 e. The summed E-state index contributed by atoms with van der Waals surface area (Å²) >= 11 is 1.13. The van der Waals surface area contributed by atoms with E-state index in [1.54, 1.807) is 24.3 Å². The first-order chi connectivity index (χ1) is 15.3. The number of hydrogen-bond donors (Lipinski definition) is 2. The van der Waals surface area contributed by atoms with E-state index >= 15 is 0 Å². The first kappa shape index (κ1) is 26.2. The Kier molecular flexibility index (Phi) is 8.85. The summed E-state index contributed by atoms with van der Waals surface area (Å²) in [5, 5.41) is 4.97. The summed E-state index contributed by atoms with van der Waals surface area (Å²) in [5.41, 5.74) is 0.469. The number of anilines is 2. The lowest BCUT2D eigenvalue weighted by Crippen LogP contribution is -2.20. The molecule has 2 aromatic carbocycles. The molecule has 0 aromatic heterocycles. The van der Waals surface area contributed by atoms with E-state index < -0.39 is 43.0 Å². The molecule has 0 aliphatic heterocycles.